The smallest absolute Gasteiger partial charge is 0.244 e. The van der Waals surface area contributed by atoms with Crippen LogP contribution < -0.4 is 5.32 Å². The first-order valence-corrected chi connectivity index (χ1v) is 6.51. The maximum Gasteiger partial charge on any atom is 0.244 e. The van der Waals surface area contributed by atoms with E-state index in [2.05, 4.69) is 15.3 Å². The quantitative estimate of drug-likeness (QED) is 0.872. The van der Waals surface area contributed by atoms with Gasteiger partial charge in [0.25, 0.3) is 0 Å². The van der Waals surface area contributed by atoms with Crippen molar-refractivity contribution in [1.29, 1.82) is 0 Å². The van der Waals surface area contributed by atoms with Crippen LogP contribution in [0.4, 0.5) is 5.82 Å². The molecule has 1 aromatic rings. The lowest BCUT2D eigenvalue weighted by Gasteiger charge is -2.29. The molecule has 0 spiro atoms. The molecule has 0 bridgehead atoms. The van der Waals surface area contributed by atoms with E-state index in [4.69, 9.17) is 4.74 Å². The molecule has 1 aliphatic rings. The van der Waals surface area contributed by atoms with Crippen LogP contribution in [0.1, 0.15) is 18.3 Å². The van der Waals surface area contributed by atoms with Crippen LogP contribution in [-0.2, 0) is 9.53 Å². The fraction of sp³-hybridized carbons (Fsp3) is 0.615. The van der Waals surface area contributed by atoms with Gasteiger partial charge in [-0.05, 0) is 20.8 Å². The number of rotatable bonds is 3. The third-order valence-electron chi connectivity index (χ3n) is 3.12. The van der Waals surface area contributed by atoms with E-state index in [0.717, 1.165) is 11.4 Å². The summed E-state index contributed by atoms with van der Waals surface area (Å²) in [4.78, 5) is 22.7. The summed E-state index contributed by atoms with van der Waals surface area (Å²) < 4.78 is 5.25. The number of morpholine rings is 1. The number of hydrogen-bond donors (Lipinski definition) is 1. The van der Waals surface area contributed by atoms with Gasteiger partial charge in [0.1, 0.15) is 11.9 Å². The Morgan fingerprint density at radius 2 is 2.11 bits per heavy atom. The molecule has 19 heavy (non-hydrogen) atoms. The van der Waals surface area contributed by atoms with Crippen LogP contribution >= 0.6 is 0 Å². The number of hydrogen-bond acceptors (Lipinski definition) is 5. The molecular weight excluding hydrogens is 244 g/mol. The van der Waals surface area contributed by atoms with Crippen LogP contribution in [0.15, 0.2) is 6.20 Å². The first-order chi connectivity index (χ1) is 9.08. The molecule has 1 atom stereocenters. The molecule has 2 rings (SSSR count). The molecule has 0 aromatic carbocycles. The van der Waals surface area contributed by atoms with Crippen LogP contribution in [0.3, 0.4) is 0 Å². The Morgan fingerprint density at radius 3 is 2.79 bits per heavy atom. The number of carbonyl (C=O) groups is 1. The highest BCUT2D eigenvalue weighted by atomic mass is 16.5. The first kappa shape index (κ1) is 13.7. The Labute approximate surface area is 113 Å². The number of anilines is 1. The van der Waals surface area contributed by atoms with E-state index in [9.17, 15) is 4.79 Å². The molecule has 0 aliphatic carbocycles. The molecule has 0 saturated carbocycles. The van der Waals surface area contributed by atoms with Crippen LogP contribution in [0.25, 0.3) is 0 Å². The predicted molar refractivity (Wildman–Crippen MR) is 72.0 cm³/mol. The third-order valence-corrected chi connectivity index (χ3v) is 3.12. The highest BCUT2D eigenvalue weighted by molar-refractivity contribution is 5.84. The van der Waals surface area contributed by atoms with Gasteiger partial charge in [-0.2, -0.15) is 0 Å². The minimum Gasteiger partial charge on any atom is -0.378 e. The lowest BCUT2D eigenvalue weighted by atomic mass is 10.2. The molecule has 6 nitrogen and oxygen atoms in total. The van der Waals surface area contributed by atoms with E-state index < -0.39 is 0 Å². The molecule has 1 aromatic heterocycles. The molecule has 0 radical (unpaired) electrons. The Morgan fingerprint density at radius 1 is 1.42 bits per heavy atom. The number of nitrogens with one attached hydrogen (secondary N) is 1. The van der Waals surface area contributed by atoms with Gasteiger partial charge in [-0.15, -0.1) is 0 Å². The zero-order valence-electron chi connectivity index (χ0n) is 11.6. The molecule has 6 heteroatoms. The van der Waals surface area contributed by atoms with Gasteiger partial charge in [0.15, 0.2) is 0 Å². The molecule has 1 N–H and O–H groups in total. The second-order valence-corrected chi connectivity index (χ2v) is 4.75. The summed E-state index contributed by atoms with van der Waals surface area (Å²) in [7, 11) is 0. The second-order valence-electron chi connectivity index (χ2n) is 4.75. The fourth-order valence-electron chi connectivity index (χ4n) is 2.00. The van der Waals surface area contributed by atoms with E-state index in [1.165, 1.54) is 0 Å². The van der Waals surface area contributed by atoms with Gasteiger partial charge in [-0.3, -0.25) is 9.78 Å². The van der Waals surface area contributed by atoms with Crippen molar-refractivity contribution in [3.05, 3.63) is 17.6 Å². The Bertz CT molecular complexity index is 458. The normalized spacial score (nSPS) is 17.1. The van der Waals surface area contributed by atoms with Crippen molar-refractivity contribution in [2.45, 2.75) is 26.8 Å². The topological polar surface area (TPSA) is 67.4 Å². The highest BCUT2D eigenvalue weighted by Gasteiger charge is 2.23. The van der Waals surface area contributed by atoms with Gasteiger partial charge in [-0.25, -0.2) is 4.98 Å². The minimum atomic E-state index is -0.312. The Hall–Kier alpha value is -1.69. The fourth-order valence-corrected chi connectivity index (χ4v) is 2.00. The summed E-state index contributed by atoms with van der Waals surface area (Å²) in [6.07, 6.45) is 1.72. The van der Waals surface area contributed by atoms with Crippen LogP contribution in [0.5, 0.6) is 0 Å². The molecular formula is C13H20N4O2. The van der Waals surface area contributed by atoms with E-state index in [-0.39, 0.29) is 11.9 Å². The van der Waals surface area contributed by atoms with Crippen LogP contribution in [-0.4, -0.2) is 53.1 Å². The Kier molecular flexibility index (Phi) is 4.31. The SMILES string of the molecule is Cc1cnc(C)c(NC(C)C(=O)N2CCOCC2)n1. The Balaban J connectivity index is 2.01. The second kappa shape index (κ2) is 5.97. The number of carbonyl (C=O) groups excluding carboxylic acids is 1. The van der Waals surface area contributed by atoms with Gasteiger partial charge in [-0.1, -0.05) is 0 Å². The van der Waals surface area contributed by atoms with Crippen molar-refractivity contribution in [2.24, 2.45) is 0 Å². The largest absolute Gasteiger partial charge is 0.378 e. The average Bonchev–Trinajstić information content (AvgIpc) is 2.43. The van der Waals surface area contributed by atoms with E-state index >= 15 is 0 Å². The summed E-state index contributed by atoms with van der Waals surface area (Å²) >= 11 is 0. The number of aryl methyl sites for hydroxylation is 2. The molecule has 104 valence electrons. The van der Waals surface area contributed by atoms with Gasteiger partial charge < -0.3 is 15.0 Å². The molecule has 1 fully saturated rings. The van der Waals surface area contributed by atoms with E-state index in [0.29, 0.717) is 32.1 Å². The lowest BCUT2D eigenvalue weighted by molar-refractivity contribution is -0.135. The zero-order chi connectivity index (χ0) is 13.8. The maximum atomic E-state index is 12.3. The molecule has 1 saturated heterocycles. The summed E-state index contributed by atoms with van der Waals surface area (Å²) in [6, 6.07) is -0.312. The summed E-state index contributed by atoms with van der Waals surface area (Å²) in [5.41, 5.74) is 1.63. The molecule has 2 heterocycles. The van der Waals surface area contributed by atoms with Crippen LogP contribution in [0.2, 0.25) is 0 Å². The average molecular weight is 264 g/mol. The van der Waals surface area contributed by atoms with Gasteiger partial charge in [0.05, 0.1) is 24.6 Å². The van der Waals surface area contributed by atoms with E-state index in [1.807, 2.05) is 25.7 Å². The monoisotopic (exact) mass is 264 g/mol. The van der Waals surface area contributed by atoms with Crippen LogP contribution in [0, 0.1) is 13.8 Å². The van der Waals surface area contributed by atoms with Crippen molar-refractivity contribution in [2.75, 3.05) is 31.6 Å². The van der Waals surface area contributed by atoms with Gasteiger partial charge in [0.2, 0.25) is 5.91 Å². The summed E-state index contributed by atoms with van der Waals surface area (Å²) in [6.45, 7) is 8.14. The summed E-state index contributed by atoms with van der Waals surface area (Å²) in [5, 5.41) is 3.14. The first-order valence-electron chi connectivity index (χ1n) is 6.51. The number of nitrogens with zero attached hydrogens (tertiary/aromatic N) is 3. The van der Waals surface area contributed by atoms with Crippen molar-refractivity contribution in [3.8, 4) is 0 Å². The van der Waals surface area contributed by atoms with Gasteiger partial charge in [0, 0.05) is 19.3 Å². The number of amides is 1. The standard InChI is InChI=1S/C13H20N4O2/c1-9-8-14-10(2)12(15-9)16-11(3)13(18)17-4-6-19-7-5-17/h8,11H,4-7H2,1-3H3,(H,15,16). The molecule has 1 unspecified atom stereocenters. The van der Waals surface area contributed by atoms with Crippen molar-refractivity contribution in [3.63, 3.8) is 0 Å². The van der Waals surface area contributed by atoms with Gasteiger partial charge >= 0.3 is 0 Å². The molecule has 1 amide bonds. The predicted octanol–water partition coefficient (Wildman–Crippen LogP) is 0.753. The highest BCUT2D eigenvalue weighted by Crippen LogP contribution is 2.11. The van der Waals surface area contributed by atoms with E-state index in [1.54, 1.807) is 6.20 Å². The molecule has 1 aliphatic heterocycles. The lowest BCUT2D eigenvalue weighted by Crippen LogP contribution is -2.47. The number of aromatic nitrogens is 2. The zero-order valence-corrected chi connectivity index (χ0v) is 11.6. The maximum absolute atomic E-state index is 12.3. The minimum absolute atomic E-state index is 0.0750. The number of ether oxygens (including phenoxy) is 1. The third kappa shape index (κ3) is 3.41. The van der Waals surface area contributed by atoms with Crippen molar-refractivity contribution < 1.29 is 9.53 Å². The van der Waals surface area contributed by atoms with Crippen molar-refractivity contribution >= 4 is 11.7 Å². The summed E-state index contributed by atoms with van der Waals surface area (Å²) in [5.74, 6) is 0.750. The van der Waals surface area contributed by atoms with Crippen molar-refractivity contribution in [1.82, 2.24) is 14.9 Å².